The van der Waals surface area contributed by atoms with Crippen LogP contribution in [0.25, 0.3) is 0 Å². The zero-order chi connectivity index (χ0) is 19.6. The lowest BCUT2D eigenvalue weighted by Crippen LogP contribution is -2.17. The van der Waals surface area contributed by atoms with Gasteiger partial charge in [0.2, 0.25) is 0 Å². The number of unbranched alkanes of at least 4 members (excludes halogenated alkanes) is 2. The fourth-order valence-corrected chi connectivity index (χ4v) is 5.31. The molecule has 0 saturated heterocycles. The van der Waals surface area contributed by atoms with Gasteiger partial charge in [0.15, 0.2) is 0 Å². The van der Waals surface area contributed by atoms with Crippen molar-refractivity contribution in [2.45, 2.75) is 89.4 Å². The summed E-state index contributed by atoms with van der Waals surface area (Å²) < 4.78 is 25.2. The lowest BCUT2D eigenvalue weighted by Gasteiger charge is -2.31. The van der Waals surface area contributed by atoms with E-state index in [1.807, 2.05) is 12.1 Å². The van der Waals surface area contributed by atoms with E-state index in [4.69, 9.17) is 0 Å². The summed E-state index contributed by atoms with van der Waals surface area (Å²) >= 11 is 0. The van der Waals surface area contributed by atoms with E-state index < -0.39 is 0 Å². The van der Waals surface area contributed by atoms with E-state index in [-0.39, 0.29) is 12.5 Å². The molecule has 2 saturated carbocycles. The van der Waals surface area contributed by atoms with Gasteiger partial charge in [-0.3, -0.25) is 4.39 Å². The number of hydrogen-bond donors (Lipinski definition) is 0. The number of benzene rings is 1. The predicted molar refractivity (Wildman–Crippen MR) is 115 cm³/mol. The van der Waals surface area contributed by atoms with Crippen molar-refractivity contribution >= 4 is 0 Å². The highest BCUT2D eigenvalue weighted by atomic mass is 19.1. The minimum Gasteiger partial charge on any atom is -0.251 e. The fraction of sp³-hybridized carbons (Fsp3) is 0.692. The molecule has 0 heterocycles. The molecule has 3 rings (SSSR count). The molecule has 0 aliphatic heterocycles. The van der Waals surface area contributed by atoms with Gasteiger partial charge in [0.1, 0.15) is 5.82 Å². The van der Waals surface area contributed by atoms with Gasteiger partial charge in [-0.1, -0.05) is 37.1 Å². The van der Waals surface area contributed by atoms with Crippen LogP contribution in [0.3, 0.4) is 0 Å². The molecule has 2 heteroatoms. The topological polar surface area (TPSA) is 0 Å². The molecule has 1 aromatic carbocycles. The van der Waals surface area contributed by atoms with Crippen molar-refractivity contribution in [3.63, 3.8) is 0 Å². The average Bonchev–Trinajstić information content (AvgIpc) is 2.74. The summed E-state index contributed by atoms with van der Waals surface area (Å²) in [5, 5.41) is 0. The van der Waals surface area contributed by atoms with E-state index >= 15 is 0 Å². The summed E-state index contributed by atoms with van der Waals surface area (Å²) in [6.07, 6.45) is 21.0. The summed E-state index contributed by atoms with van der Waals surface area (Å²) in [5.74, 6) is 3.13. The largest absolute Gasteiger partial charge is 0.251 e. The molecule has 2 aliphatic carbocycles. The highest BCUT2D eigenvalue weighted by molar-refractivity contribution is 5.20. The second-order valence-electron chi connectivity index (χ2n) is 9.24. The van der Waals surface area contributed by atoms with E-state index in [0.717, 1.165) is 30.6 Å². The second-order valence-corrected chi connectivity index (χ2v) is 9.24. The maximum atomic E-state index is 13.1. The van der Waals surface area contributed by atoms with Gasteiger partial charge in [-0.15, -0.1) is 0 Å². The van der Waals surface area contributed by atoms with Crippen LogP contribution in [0.5, 0.6) is 0 Å². The van der Waals surface area contributed by atoms with Crippen LogP contribution in [0, 0.1) is 23.6 Å². The minimum absolute atomic E-state index is 0.126. The maximum Gasteiger partial charge on any atom is 0.123 e. The Hall–Kier alpha value is -1.18. The third-order valence-electron chi connectivity index (χ3n) is 7.23. The predicted octanol–water partition coefficient (Wildman–Crippen LogP) is 8.38. The Morgan fingerprint density at radius 2 is 1.39 bits per heavy atom. The average molecular weight is 389 g/mol. The minimum atomic E-state index is -0.174. The van der Waals surface area contributed by atoms with Crippen molar-refractivity contribution in [1.82, 2.24) is 0 Å². The van der Waals surface area contributed by atoms with E-state index in [1.54, 1.807) is 12.1 Å². The number of alkyl halides is 1. The van der Waals surface area contributed by atoms with E-state index in [2.05, 4.69) is 12.2 Å². The standard InChI is InChI=1S/C26H38F2/c27-20-4-2-1-3-5-21-6-8-22(9-7-21)10-11-23-12-14-24(15-13-23)25-16-18-26(28)19-17-25/h3,5,16-19,21-24H,1-2,4,6-15,20H2/b5-3+. The summed E-state index contributed by atoms with van der Waals surface area (Å²) in [6, 6.07) is 7.18. The van der Waals surface area contributed by atoms with Crippen LogP contribution >= 0.6 is 0 Å². The third-order valence-corrected chi connectivity index (χ3v) is 7.23. The van der Waals surface area contributed by atoms with Gasteiger partial charge in [-0.25, -0.2) is 4.39 Å². The van der Waals surface area contributed by atoms with Crippen LogP contribution in [0.4, 0.5) is 8.78 Å². The number of hydrogen-bond acceptors (Lipinski definition) is 0. The summed E-state index contributed by atoms with van der Waals surface area (Å²) in [6.45, 7) is -0.174. The Labute approximate surface area is 170 Å². The quantitative estimate of drug-likeness (QED) is 0.294. The van der Waals surface area contributed by atoms with E-state index in [0.29, 0.717) is 12.3 Å². The van der Waals surface area contributed by atoms with Gasteiger partial charge < -0.3 is 0 Å². The number of halogens is 2. The number of rotatable bonds is 9. The first-order chi connectivity index (χ1) is 13.7. The first-order valence-electron chi connectivity index (χ1n) is 11.7. The molecule has 0 amide bonds. The van der Waals surface area contributed by atoms with Gasteiger partial charge >= 0.3 is 0 Å². The van der Waals surface area contributed by atoms with Crippen LogP contribution in [-0.2, 0) is 0 Å². The van der Waals surface area contributed by atoms with Gasteiger partial charge in [-0.05, 0) is 112 Å². The Bertz CT molecular complexity index is 561. The molecule has 0 atom stereocenters. The molecule has 0 spiro atoms. The van der Waals surface area contributed by atoms with Crippen LogP contribution in [0.15, 0.2) is 36.4 Å². The van der Waals surface area contributed by atoms with Crippen LogP contribution in [0.2, 0.25) is 0 Å². The maximum absolute atomic E-state index is 13.1. The van der Waals surface area contributed by atoms with Crippen LogP contribution in [0.1, 0.15) is 95.0 Å². The highest BCUT2D eigenvalue weighted by Gasteiger charge is 2.24. The molecule has 0 nitrogen and oxygen atoms in total. The van der Waals surface area contributed by atoms with Crippen molar-refractivity contribution in [3.05, 3.63) is 47.8 Å². The molecule has 0 radical (unpaired) electrons. The monoisotopic (exact) mass is 388 g/mol. The molecular weight excluding hydrogens is 350 g/mol. The molecule has 0 unspecified atom stereocenters. The Morgan fingerprint density at radius 1 is 0.786 bits per heavy atom. The molecule has 2 fully saturated rings. The molecule has 2 aliphatic rings. The molecule has 0 bridgehead atoms. The van der Waals surface area contributed by atoms with Crippen molar-refractivity contribution in [2.24, 2.45) is 17.8 Å². The summed E-state index contributed by atoms with van der Waals surface area (Å²) in [5.41, 5.74) is 1.33. The summed E-state index contributed by atoms with van der Waals surface area (Å²) in [7, 11) is 0. The normalized spacial score (nSPS) is 28.6. The fourth-order valence-electron chi connectivity index (χ4n) is 5.31. The van der Waals surface area contributed by atoms with Crippen molar-refractivity contribution in [3.8, 4) is 0 Å². The van der Waals surface area contributed by atoms with Crippen molar-refractivity contribution in [2.75, 3.05) is 6.67 Å². The number of allylic oxidation sites excluding steroid dienone is 2. The van der Waals surface area contributed by atoms with E-state index in [9.17, 15) is 8.78 Å². The molecule has 1 aromatic rings. The molecule has 156 valence electrons. The molecule has 0 aromatic heterocycles. The van der Waals surface area contributed by atoms with Crippen molar-refractivity contribution < 1.29 is 8.78 Å². The van der Waals surface area contributed by atoms with E-state index in [1.165, 1.54) is 69.8 Å². The Kier molecular flexibility index (Phi) is 9.02. The lowest BCUT2D eigenvalue weighted by molar-refractivity contribution is 0.246. The zero-order valence-electron chi connectivity index (χ0n) is 17.4. The van der Waals surface area contributed by atoms with Gasteiger partial charge in [0, 0.05) is 0 Å². The Morgan fingerprint density at radius 3 is 2.00 bits per heavy atom. The SMILES string of the molecule is FCCCC/C=C/C1CCC(CCC2CCC(c3ccc(F)cc3)CC2)CC1. The van der Waals surface area contributed by atoms with Crippen LogP contribution in [-0.4, -0.2) is 6.67 Å². The summed E-state index contributed by atoms with van der Waals surface area (Å²) in [4.78, 5) is 0. The lowest BCUT2D eigenvalue weighted by atomic mass is 9.74. The third kappa shape index (κ3) is 7.01. The zero-order valence-corrected chi connectivity index (χ0v) is 17.4. The van der Waals surface area contributed by atoms with Gasteiger partial charge in [0.05, 0.1) is 6.67 Å². The van der Waals surface area contributed by atoms with Gasteiger partial charge in [0.25, 0.3) is 0 Å². The van der Waals surface area contributed by atoms with Crippen LogP contribution < -0.4 is 0 Å². The Balaban J connectivity index is 1.28. The molecule has 0 N–H and O–H groups in total. The van der Waals surface area contributed by atoms with Gasteiger partial charge in [-0.2, -0.15) is 0 Å². The second kappa shape index (κ2) is 11.7. The highest BCUT2D eigenvalue weighted by Crippen LogP contribution is 2.39. The first-order valence-corrected chi connectivity index (χ1v) is 11.7. The van der Waals surface area contributed by atoms with Crippen molar-refractivity contribution in [1.29, 1.82) is 0 Å². The first kappa shape index (κ1) is 21.5. The molecular formula is C26H38F2. The smallest absolute Gasteiger partial charge is 0.123 e. The molecule has 28 heavy (non-hydrogen) atoms.